The Morgan fingerprint density at radius 2 is 1.60 bits per heavy atom. The van der Waals surface area contributed by atoms with E-state index in [9.17, 15) is 4.79 Å². The molecule has 1 rings (SSSR count). The van der Waals surface area contributed by atoms with Crippen LogP contribution in [0, 0.1) is 11.8 Å². The first-order valence-corrected chi connectivity index (χ1v) is 6.43. The van der Waals surface area contributed by atoms with Crippen molar-refractivity contribution in [3.63, 3.8) is 0 Å². The van der Waals surface area contributed by atoms with Gasteiger partial charge in [-0.1, -0.05) is 11.8 Å². The number of rotatable bonds is 6. The molecule has 5 heteroatoms. The van der Waals surface area contributed by atoms with E-state index in [1.165, 1.54) is 4.90 Å². The molecule has 0 aliphatic carbocycles. The molecule has 0 atom stereocenters. The Morgan fingerprint density at radius 3 is 2.10 bits per heavy atom. The standard InChI is InChI=1S/C15H19NO4/c17-10-2-1-3-13-4-6-14(7-5-13)15(20)16(8-11-18)9-12-19/h4-7,17-19H,2,8-12H2. The normalized spacial score (nSPS) is 9.75. The van der Waals surface area contributed by atoms with Gasteiger partial charge in [0, 0.05) is 30.6 Å². The Balaban J connectivity index is 2.76. The summed E-state index contributed by atoms with van der Waals surface area (Å²) in [6.45, 7) is 0.128. The van der Waals surface area contributed by atoms with Crippen molar-refractivity contribution in [2.24, 2.45) is 0 Å². The van der Waals surface area contributed by atoms with Crippen LogP contribution in [0.4, 0.5) is 0 Å². The third kappa shape index (κ3) is 5.02. The van der Waals surface area contributed by atoms with Gasteiger partial charge in [0.15, 0.2) is 0 Å². The molecule has 0 saturated carbocycles. The summed E-state index contributed by atoms with van der Waals surface area (Å²) in [5.74, 6) is 5.44. The van der Waals surface area contributed by atoms with E-state index < -0.39 is 0 Å². The van der Waals surface area contributed by atoms with Crippen molar-refractivity contribution in [2.75, 3.05) is 32.9 Å². The van der Waals surface area contributed by atoms with Gasteiger partial charge in [0.2, 0.25) is 0 Å². The van der Waals surface area contributed by atoms with Gasteiger partial charge >= 0.3 is 0 Å². The highest BCUT2D eigenvalue weighted by atomic mass is 16.3. The van der Waals surface area contributed by atoms with E-state index in [1.54, 1.807) is 24.3 Å². The predicted octanol–water partition coefficient (Wildman–Crippen LogP) is -0.153. The van der Waals surface area contributed by atoms with Crippen molar-refractivity contribution in [2.45, 2.75) is 6.42 Å². The zero-order valence-electron chi connectivity index (χ0n) is 11.2. The van der Waals surface area contributed by atoms with Crippen LogP contribution in [-0.4, -0.2) is 59.0 Å². The second kappa shape index (κ2) is 9.10. The monoisotopic (exact) mass is 277 g/mol. The number of nitrogens with zero attached hydrogens (tertiary/aromatic N) is 1. The van der Waals surface area contributed by atoms with Gasteiger partial charge in [0.1, 0.15) is 0 Å². The molecule has 20 heavy (non-hydrogen) atoms. The molecule has 3 N–H and O–H groups in total. The van der Waals surface area contributed by atoms with Crippen LogP contribution in [0.15, 0.2) is 24.3 Å². The number of aliphatic hydroxyl groups excluding tert-OH is 3. The molecule has 0 radical (unpaired) electrons. The topological polar surface area (TPSA) is 81.0 Å². The maximum Gasteiger partial charge on any atom is 0.254 e. The number of carbonyl (C=O) groups excluding carboxylic acids is 1. The van der Waals surface area contributed by atoms with Gasteiger partial charge in [-0.25, -0.2) is 0 Å². The van der Waals surface area contributed by atoms with Crippen molar-refractivity contribution in [1.82, 2.24) is 4.90 Å². The molecule has 0 bridgehead atoms. The molecular weight excluding hydrogens is 258 g/mol. The smallest absolute Gasteiger partial charge is 0.254 e. The quantitative estimate of drug-likeness (QED) is 0.632. The summed E-state index contributed by atoms with van der Waals surface area (Å²) in [5.41, 5.74) is 1.26. The molecule has 1 amide bonds. The molecule has 0 heterocycles. The van der Waals surface area contributed by atoms with Crippen LogP contribution in [0.3, 0.4) is 0 Å². The fourth-order valence-electron chi connectivity index (χ4n) is 1.66. The molecule has 5 nitrogen and oxygen atoms in total. The summed E-state index contributed by atoms with van der Waals surface area (Å²) in [6.07, 6.45) is 0.418. The minimum atomic E-state index is -0.233. The number of aliphatic hydroxyl groups is 3. The molecule has 108 valence electrons. The second-order valence-corrected chi connectivity index (χ2v) is 4.09. The largest absolute Gasteiger partial charge is 0.395 e. The van der Waals surface area contributed by atoms with Crippen LogP contribution in [0.5, 0.6) is 0 Å². The highest BCUT2D eigenvalue weighted by molar-refractivity contribution is 5.94. The molecule has 0 spiro atoms. The van der Waals surface area contributed by atoms with Gasteiger partial charge in [-0.15, -0.1) is 0 Å². The van der Waals surface area contributed by atoms with Crippen molar-refractivity contribution in [3.05, 3.63) is 35.4 Å². The highest BCUT2D eigenvalue weighted by Crippen LogP contribution is 2.07. The van der Waals surface area contributed by atoms with Crippen LogP contribution in [0.2, 0.25) is 0 Å². The van der Waals surface area contributed by atoms with Crippen molar-refractivity contribution in [1.29, 1.82) is 0 Å². The molecule has 0 fully saturated rings. The lowest BCUT2D eigenvalue weighted by atomic mass is 10.1. The highest BCUT2D eigenvalue weighted by Gasteiger charge is 2.14. The van der Waals surface area contributed by atoms with Crippen molar-refractivity contribution in [3.8, 4) is 11.8 Å². The second-order valence-electron chi connectivity index (χ2n) is 4.09. The van der Waals surface area contributed by atoms with E-state index in [1.807, 2.05) is 0 Å². The van der Waals surface area contributed by atoms with Gasteiger partial charge in [-0.2, -0.15) is 0 Å². The Labute approximate surface area is 118 Å². The first-order valence-electron chi connectivity index (χ1n) is 6.43. The zero-order chi connectivity index (χ0) is 14.8. The maximum atomic E-state index is 12.1. The summed E-state index contributed by atoms with van der Waals surface area (Å²) in [5, 5.41) is 26.4. The number of hydrogen-bond acceptors (Lipinski definition) is 4. The predicted molar refractivity (Wildman–Crippen MR) is 75.1 cm³/mol. The van der Waals surface area contributed by atoms with Crippen LogP contribution in [0.25, 0.3) is 0 Å². The molecule has 1 aromatic carbocycles. The van der Waals surface area contributed by atoms with Crippen molar-refractivity contribution < 1.29 is 20.1 Å². The molecular formula is C15H19NO4. The summed E-state index contributed by atoms with van der Waals surface area (Å²) < 4.78 is 0. The minimum Gasteiger partial charge on any atom is -0.395 e. The Bertz CT molecular complexity index is 467. The lowest BCUT2D eigenvalue weighted by molar-refractivity contribution is 0.0685. The molecule has 0 unspecified atom stereocenters. The first kappa shape index (κ1) is 16.2. The zero-order valence-corrected chi connectivity index (χ0v) is 11.2. The van der Waals surface area contributed by atoms with Gasteiger partial charge in [-0.05, 0) is 24.3 Å². The van der Waals surface area contributed by atoms with E-state index >= 15 is 0 Å². The number of amides is 1. The van der Waals surface area contributed by atoms with E-state index in [2.05, 4.69) is 11.8 Å². The van der Waals surface area contributed by atoms with E-state index in [4.69, 9.17) is 15.3 Å². The van der Waals surface area contributed by atoms with Gasteiger partial charge < -0.3 is 20.2 Å². The van der Waals surface area contributed by atoms with E-state index in [-0.39, 0.29) is 38.8 Å². The van der Waals surface area contributed by atoms with Gasteiger partial charge in [0.25, 0.3) is 5.91 Å². The van der Waals surface area contributed by atoms with Crippen LogP contribution in [-0.2, 0) is 0 Å². The first-order chi connectivity index (χ1) is 9.72. The third-order valence-electron chi connectivity index (χ3n) is 2.63. The fourth-order valence-corrected chi connectivity index (χ4v) is 1.66. The number of carbonyl (C=O) groups is 1. The van der Waals surface area contributed by atoms with E-state index in [0.29, 0.717) is 12.0 Å². The Morgan fingerprint density at radius 1 is 1.00 bits per heavy atom. The molecule has 1 aromatic rings. The van der Waals surface area contributed by atoms with Crippen LogP contribution in [0.1, 0.15) is 22.3 Å². The molecule has 0 saturated heterocycles. The third-order valence-corrected chi connectivity index (χ3v) is 2.63. The lowest BCUT2D eigenvalue weighted by Crippen LogP contribution is -2.35. The molecule has 0 aliphatic heterocycles. The molecule has 0 aromatic heterocycles. The van der Waals surface area contributed by atoms with E-state index in [0.717, 1.165) is 5.56 Å². The summed E-state index contributed by atoms with van der Waals surface area (Å²) in [6, 6.07) is 6.78. The molecule has 0 aliphatic rings. The fraction of sp³-hybridized carbons (Fsp3) is 0.400. The SMILES string of the molecule is O=C(c1ccc(C#CCCO)cc1)N(CCO)CCO. The van der Waals surface area contributed by atoms with Crippen LogP contribution < -0.4 is 0 Å². The van der Waals surface area contributed by atoms with Gasteiger partial charge in [0.05, 0.1) is 19.8 Å². The number of hydrogen-bond donors (Lipinski definition) is 3. The van der Waals surface area contributed by atoms with Crippen LogP contribution >= 0.6 is 0 Å². The Hall–Kier alpha value is -1.87. The van der Waals surface area contributed by atoms with Crippen molar-refractivity contribution >= 4 is 5.91 Å². The summed E-state index contributed by atoms with van der Waals surface area (Å²) >= 11 is 0. The average Bonchev–Trinajstić information content (AvgIpc) is 2.47. The number of benzene rings is 1. The average molecular weight is 277 g/mol. The minimum absolute atomic E-state index is 0.0286. The maximum absolute atomic E-state index is 12.1. The van der Waals surface area contributed by atoms with Gasteiger partial charge in [-0.3, -0.25) is 4.79 Å². The Kier molecular flexibility index (Phi) is 7.36. The summed E-state index contributed by atoms with van der Waals surface area (Å²) in [4.78, 5) is 13.5. The summed E-state index contributed by atoms with van der Waals surface area (Å²) in [7, 11) is 0. The lowest BCUT2D eigenvalue weighted by Gasteiger charge is -2.20.